The van der Waals surface area contributed by atoms with Gasteiger partial charge in [-0.2, -0.15) is 18.3 Å². The number of carbonyl (C=O) groups is 5. The molecule has 4 aromatic rings. The van der Waals surface area contributed by atoms with Crippen LogP contribution in [0.25, 0.3) is 10.9 Å². The first-order valence-electron chi connectivity index (χ1n) is 24.1. The third kappa shape index (κ3) is 12.8. The highest BCUT2D eigenvalue weighted by atomic mass is 35.5. The molecule has 0 radical (unpaired) electrons. The zero-order chi connectivity index (χ0) is 49.7. The van der Waals surface area contributed by atoms with Crippen LogP contribution in [0, 0.1) is 16.7 Å². The summed E-state index contributed by atoms with van der Waals surface area (Å²) in [6, 6.07) is 12.4. The van der Waals surface area contributed by atoms with Crippen LogP contribution in [0.3, 0.4) is 0 Å². The van der Waals surface area contributed by atoms with Crippen molar-refractivity contribution in [2.24, 2.45) is 16.7 Å². The molecular weight excluding hydrogens is 913 g/mol. The van der Waals surface area contributed by atoms with E-state index in [-0.39, 0.29) is 48.7 Å². The van der Waals surface area contributed by atoms with Gasteiger partial charge in [-0.05, 0) is 150 Å². The summed E-state index contributed by atoms with van der Waals surface area (Å²) >= 11 is 6.63. The van der Waals surface area contributed by atoms with Gasteiger partial charge in [0.15, 0.2) is 6.73 Å². The maximum atomic E-state index is 13.9. The summed E-state index contributed by atoms with van der Waals surface area (Å²) in [4.78, 5) is 72.2. The standard InChI is InChI=1S/C51H64ClF3N8O6/c1-33(2)38-29-41-36(27-42(38)58-46(66)40-7-6-8-44(57-40)51(53,54)55)30-63(59-41)37-14-22-60(23-15-37)21-13-34-11-17-50(18-12-34)19-25-61(26-20-50)47(67)35-9-10-39(52)43(28-35)62(24-16-45(65)56-31-64)32-69-48(68)49(3,4)5/h6-10,27-31,33-34,37H,11-26,32H2,1-5H3,(H,58,66)(H,56,64,65). The zero-order valence-electron chi connectivity index (χ0n) is 40.2. The van der Waals surface area contributed by atoms with Gasteiger partial charge >= 0.3 is 12.1 Å². The fraction of sp³-hybridized carbons (Fsp3) is 0.549. The Morgan fingerprint density at radius 1 is 0.957 bits per heavy atom. The van der Waals surface area contributed by atoms with E-state index in [0.717, 1.165) is 87.1 Å². The average molecular weight is 978 g/mol. The SMILES string of the molecule is CC(C)c1cc2nn(C3CCN(CCC4CCC5(CC4)CCN(C(=O)c4ccc(Cl)c(N(CCC(=O)NC=O)COC(=O)C(C)(C)C)c4)CC5)CC3)cc2cc1NC(=O)c1cccc(C(F)(F)F)n1. The number of anilines is 2. The lowest BCUT2D eigenvalue weighted by Crippen LogP contribution is -2.44. The molecule has 2 N–H and O–H groups in total. The molecule has 372 valence electrons. The van der Waals surface area contributed by atoms with E-state index in [2.05, 4.69) is 20.5 Å². The lowest BCUT2D eigenvalue weighted by Gasteiger charge is -2.46. The summed E-state index contributed by atoms with van der Waals surface area (Å²) in [5.41, 5.74) is 1.14. The van der Waals surface area contributed by atoms with Crippen LogP contribution in [0.5, 0.6) is 0 Å². The number of likely N-dealkylation sites (tertiary alicyclic amines) is 2. The molecule has 3 fully saturated rings. The molecule has 3 aliphatic rings. The number of aromatic nitrogens is 3. The van der Waals surface area contributed by atoms with Crippen LogP contribution in [0.2, 0.25) is 5.02 Å². The van der Waals surface area contributed by atoms with Crippen molar-refractivity contribution < 1.29 is 41.9 Å². The molecule has 0 unspecified atom stereocenters. The molecule has 14 nitrogen and oxygen atoms in total. The minimum atomic E-state index is -4.66. The number of hydrogen-bond donors (Lipinski definition) is 2. The van der Waals surface area contributed by atoms with Gasteiger partial charge in [-0.1, -0.05) is 31.5 Å². The van der Waals surface area contributed by atoms with E-state index < -0.39 is 35.1 Å². The van der Waals surface area contributed by atoms with Gasteiger partial charge in [-0.15, -0.1) is 0 Å². The molecule has 4 amide bonds. The molecule has 69 heavy (non-hydrogen) atoms. The van der Waals surface area contributed by atoms with E-state index in [4.69, 9.17) is 21.4 Å². The molecule has 0 bridgehead atoms. The summed E-state index contributed by atoms with van der Waals surface area (Å²) in [5, 5.41) is 11.1. The van der Waals surface area contributed by atoms with E-state index in [1.54, 1.807) is 43.9 Å². The molecule has 1 spiro atoms. The number of alkyl halides is 3. The number of hydrogen-bond acceptors (Lipinski definition) is 10. The lowest BCUT2D eigenvalue weighted by molar-refractivity contribution is -0.152. The Bertz CT molecular complexity index is 2500. The predicted molar refractivity (Wildman–Crippen MR) is 258 cm³/mol. The minimum absolute atomic E-state index is 0.0218. The Kier molecular flexibility index (Phi) is 16.1. The largest absolute Gasteiger partial charge is 0.444 e. The molecule has 2 aromatic heterocycles. The number of halogens is 4. The molecular formula is C51H64ClF3N8O6. The topological polar surface area (TPSA) is 159 Å². The van der Waals surface area contributed by atoms with E-state index >= 15 is 0 Å². The van der Waals surface area contributed by atoms with Crippen molar-refractivity contribution in [1.29, 1.82) is 0 Å². The highest BCUT2D eigenvalue weighted by Crippen LogP contribution is 2.47. The van der Waals surface area contributed by atoms with Gasteiger partial charge in [0.05, 0.1) is 27.7 Å². The van der Waals surface area contributed by atoms with Crippen molar-refractivity contribution in [3.8, 4) is 0 Å². The maximum Gasteiger partial charge on any atom is 0.433 e. The number of ether oxygens (including phenoxy) is 1. The number of piperidine rings is 2. The normalized spacial score (nSPS) is 17.3. The molecule has 1 aliphatic carbocycles. The van der Waals surface area contributed by atoms with Crippen LogP contribution in [-0.4, -0.2) is 101 Å². The van der Waals surface area contributed by atoms with E-state index in [9.17, 15) is 37.1 Å². The van der Waals surface area contributed by atoms with E-state index in [1.807, 2.05) is 41.8 Å². The second-order valence-corrected chi connectivity index (χ2v) is 20.8. The first-order chi connectivity index (χ1) is 32.7. The van der Waals surface area contributed by atoms with Gasteiger partial charge in [-0.3, -0.25) is 34.0 Å². The molecule has 4 heterocycles. The minimum Gasteiger partial charge on any atom is -0.444 e. The number of pyridine rings is 1. The number of carbonyl (C=O) groups excluding carboxylic acids is 5. The first kappa shape index (κ1) is 51.3. The number of rotatable bonds is 15. The Hall–Kier alpha value is -5.55. The van der Waals surface area contributed by atoms with Crippen LogP contribution in [0.1, 0.15) is 143 Å². The van der Waals surface area contributed by atoms with Crippen LogP contribution in [0.4, 0.5) is 24.5 Å². The number of esters is 1. The smallest absolute Gasteiger partial charge is 0.433 e. The van der Waals surface area contributed by atoms with Crippen molar-refractivity contribution in [3.63, 3.8) is 0 Å². The highest BCUT2D eigenvalue weighted by Gasteiger charge is 2.40. The van der Waals surface area contributed by atoms with E-state index in [1.165, 1.54) is 25.0 Å². The summed E-state index contributed by atoms with van der Waals surface area (Å²) in [6.07, 6.45) is 7.27. The molecule has 1 saturated carbocycles. The van der Waals surface area contributed by atoms with Crippen molar-refractivity contribution in [2.45, 2.75) is 117 Å². The monoisotopic (exact) mass is 976 g/mol. The second kappa shape index (κ2) is 21.6. The summed E-state index contributed by atoms with van der Waals surface area (Å²) in [7, 11) is 0. The summed E-state index contributed by atoms with van der Waals surface area (Å²) in [6.45, 7) is 13.4. The fourth-order valence-corrected chi connectivity index (χ4v) is 10.1. The Morgan fingerprint density at radius 3 is 2.32 bits per heavy atom. The molecule has 0 atom stereocenters. The van der Waals surface area contributed by atoms with Crippen LogP contribution in [0.15, 0.2) is 54.7 Å². The Morgan fingerprint density at radius 2 is 1.67 bits per heavy atom. The van der Waals surface area contributed by atoms with Crippen LogP contribution in [-0.2, 0) is 25.3 Å². The van der Waals surface area contributed by atoms with Crippen molar-refractivity contribution in [1.82, 2.24) is 29.9 Å². The number of fused-ring (bicyclic) bond motifs is 1. The van der Waals surface area contributed by atoms with E-state index in [0.29, 0.717) is 47.4 Å². The molecule has 18 heteroatoms. The first-order valence-corrected chi connectivity index (χ1v) is 24.4. The third-order valence-electron chi connectivity index (χ3n) is 14.2. The molecule has 2 aliphatic heterocycles. The maximum absolute atomic E-state index is 13.9. The Labute approximate surface area is 406 Å². The molecule has 2 saturated heterocycles. The number of amides is 4. The van der Waals surface area contributed by atoms with Crippen molar-refractivity contribution in [2.75, 3.05) is 56.2 Å². The number of benzene rings is 2. The Balaban J connectivity index is 0.872. The average Bonchev–Trinajstić information content (AvgIpc) is 3.74. The predicted octanol–water partition coefficient (Wildman–Crippen LogP) is 9.63. The lowest BCUT2D eigenvalue weighted by atomic mass is 9.65. The third-order valence-corrected chi connectivity index (χ3v) is 14.5. The zero-order valence-corrected chi connectivity index (χ0v) is 40.9. The van der Waals surface area contributed by atoms with Gasteiger partial charge in [0.1, 0.15) is 11.4 Å². The second-order valence-electron chi connectivity index (χ2n) is 20.4. The quantitative estimate of drug-likeness (QED) is 0.0668. The highest BCUT2D eigenvalue weighted by molar-refractivity contribution is 6.33. The van der Waals surface area contributed by atoms with Crippen molar-refractivity contribution in [3.05, 3.63) is 82.3 Å². The van der Waals surface area contributed by atoms with Gasteiger partial charge in [-0.25, -0.2) is 4.98 Å². The number of nitrogens with one attached hydrogen (secondary N) is 2. The van der Waals surface area contributed by atoms with Gasteiger partial charge < -0.3 is 24.8 Å². The number of imide groups is 1. The van der Waals surface area contributed by atoms with Gasteiger partial charge in [0.2, 0.25) is 12.3 Å². The molecule has 7 rings (SSSR count). The van der Waals surface area contributed by atoms with Gasteiger partial charge in [0, 0.05) is 62.0 Å². The summed E-state index contributed by atoms with van der Waals surface area (Å²) < 4.78 is 47.4. The summed E-state index contributed by atoms with van der Waals surface area (Å²) in [5.74, 6) is -1.05. The number of nitrogens with zero attached hydrogens (tertiary/aromatic N) is 6. The van der Waals surface area contributed by atoms with Gasteiger partial charge in [0.25, 0.3) is 11.8 Å². The molecule has 2 aromatic carbocycles. The van der Waals surface area contributed by atoms with Crippen LogP contribution >= 0.6 is 11.6 Å². The van der Waals surface area contributed by atoms with Crippen LogP contribution < -0.4 is 15.5 Å². The van der Waals surface area contributed by atoms with Crippen molar-refractivity contribution >= 4 is 64.0 Å². The fourth-order valence-electron chi connectivity index (χ4n) is 9.87.